The molecule has 0 unspecified atom stereocenters. The third-order valence-corrected chi connectivity index (χ3v) is 3.87. The fourth-order valence-corrected chi connectivity index (χ4v) is 2.38. The van der Waals surface area contributed by atoms with Crippen LogP contribution in [-0.2, 0) is 11.3 Å². The number of anilines is 1. The molecular formula is C19H17F4N5O2. The second kappa shape index (κ2) is 9.63. The lowest BCUT2D eigenvalue weighted by Gasteiger charge is -2.14. The van der Waals surface area contributed by atoms with Crippen molar-refractivity contribution in [1.82, 2.24) is 10.6 Å². The lowest BCUT2D eigenvalue weighted by Crippen LogP contribution is -2.37. The number of guanidine groups is 1. The van der Waals surface area contributed by atoms with Gasteiger partial charge in [0.05, 0.1) is 18.3 Å². The zero-order valence-corrected chi connectivity index (χ0v) is 15.9. The van der Waals surface area contributed by atoms with Crippen LogP contribution in [0.3, 0.4) is 0 Å². The molecule has 2 amide bonds. The van der Waals surface area contributed by atoms with E-state index in [2.05, 4.69) is 20.9 Å². The summed E-state index contributed by atoms with van der Waals surface area (Å²) >= 11 is 0. The summed E-state index contributed by atoms with van der Waals surface area (Å²) in [6.07, 6.45) is 0.460. The van der Waals surface area contributed by atoms with Gasteiger partial charge in [0.2, 0.25) is 5.96 Å². The van der Waals surface area contributed by atoms with Crippen molar-refractivity contribution >= 4 is 29.7 Å². The summed E-state index contributed by atoms with van der Waals surface area (Å²) in [5.41, 5.74) is 0.258. The first-order valence-corrected chi connectivity index (χ1v) is 8.44. The topological polar surface area (TPSA) is 106 Å². The molecule has 0 fully saturated rings. The Bertz CT molecular complexity index is 1020. The number of aryl methyl sites for hydroxylation is 1. The third-order valence-electron chi connectivity index (χ3n) is 3.87. The van der Waals surface area contributed by atoms with Crippen molar-refractivity contribution in [1.29, 1.82) is 5.41 Å². The number of aliphatic imine (C=N–C) groups is 1. The van der Waals surface area contributed by atoms with Crippen molar-refractivity contribution in [2.24, 2.45) is 4.99 Å². The summed E-state index contributed by atoms with van der Waals surface area (Å²) in [6, 6.07) is 3.76. The first kappa shape index (κ1) is 22.5. The van der Waals surface area contributed by atoms with Crippen LogP contribution in [0.2, 0.25) is 0 Å². The Kier molecular flexibility index (Phi) is 7.23. The molecule has 0 aliphatic carbocycles. The van der Waals surface area contributed by atoms with Gasteiger partial charge in [0.1, 0.15) is 5.82 Å². The van der Waals surface area contributed by atoms with Gasteiger partial charge in [0.15, 0.2) is 17.5 Å². The Labute approximate surface area is 168 Å². The minimum Gasteiger partial charge on any atom is -0.355 e. The summed E-state index contributed by atoms with van der Waals surface area (Å²) in [4.78, 5) is 27.3. The van der Waals surface area contributed by atoms with Gasteiger partial charge in [0.25, 0.3) is 11.8 Å². The van der Waals surface area contributed by atoms with Crippen molar-refractivity contribution < 1.29 is 27.2 Å². The fraction of sp³-hybridized carbons (Fsp3) is 0.158. The molecule has 0 bridgehead atoms. The molecule has 0 saturated heterocycles. The van der Waals surface area contributed by atoms with Crippen LogP contribution in [0.1, 0.15) is 21.5 Å². The van der Waals surface area contributed by atoms with Gasteiger partial charge in [-0.2, -0.15) is 0 Å². The summed E-state index contributed by atoms with van der Waals surface area (Å²) in [6.45, 7) is 1.16. The normalized spacial score (nSPS) is 11.1. The van der Waals surface area contributed by atoms with E-state index < -0.39 is 35.1 Å². The minimum absolute atomic E-state index is 0.0309. The van der Waals surface area contributed by atoms with E-state index in [-0.39, 0.29) is 29.3 Å². The molecule has 0 spiro atoms. The van der Waals surface area contributed by atoms with Crippen LogP contribution in [0.5, 0.6) is 0 Å². The molecule has 0 aliphatic heterocycles. The number of nitrogens with one attached hydrogen (secondary N) is 4. The van der Waals surface area contributed by atoms with Gasteiger partial charge in [-0.1, -0.05) is 0 Å². The van der Waals surface area contributed by atoms with Gasteiger partial charge >= 0.3 is 0 Å². The van der Waals surface area contributed by atoms with Crippen LogP contribution in [0, 0.1) is 35.6 Å². The van der Waals surface area contributed by atoms with Crippen molar-refractivity contribution in [2.45, 2.75) is 13.5 Å². The molecule has 0 saturated carbocycles. The molecule has 0 radical (unpaired) electrons. The number of hydrogen-bond acceptors (Lipinski definition) is 4. The van der Waals surface area contributed by atoms with Crippen LogP contribution >= 0.6 is 0 Å². The summed E-state index contributed by atoms with van der Waals surface area (Å²) < 4.78 is 53.8. The molecule has 11 heteroatoms. The molecule has 0 aromatic heterocycles. The lowest BCUT2D eigenvalue weighted by molar-refractivity contribution is -0.113. The highest BCUT2D eigenvalue weighted by Crippen LogP contribution is 2.20. The van der Waals surface area contributed by atoms with Gasteiger partial charge in [-0.05, 0) is 42.3 Å². The Morgan fingerprint density at radius 3 is 2.27 bits per heavy atom. The van der Waals surface area contributed by atoms with Crippen molar-refractivity contribution in [3.63, 3.8) is 0 Å². The van der Waals surface area contributed by atoms with Crippen LogP contribution in [0.4, 0.5) is 23.2 Å². The molecule has 30 heavy (non-hydrogen) atoms. The van der Waals surface area contributed by atoms with Gasteiger partial charge in [-0.15, -0.1) is 0 Å². The van der Waals surface area contributed by atoms with E-state index >= 15 is 0 Å². The second-order valence-electron chi connectivity index (χ2n) is 6.02. The summed E-state index contributed by atoms with van der Waals surface area (Å²) in [7, 11) is 1.33. The van der Waals surface area contributed by atoms with Crippen LogP contribution < -0.4 is 16.0 Å². The SMILES string of the molecule is CNC(=O)c1cc(NC(=NCc2cc(F)c(F)c(F)c2)NC(=O)C=N)c(C)cc1F. The molecule has 0 aliphatic rings. The number of nitrogens with zero attached hydrogens (tertiary/aromatic N) is 1. The maximum absolute atomic E-state index is 14.0. The molecule has 2 rings (SSSR count). The molecule has 7 nitrogen and oxygen atoms in total. The van der Waals surface area contributed by atoms with Gasteiger partial charge in [-0.3, -0.25) is 14.9 Å². The largest absolute Gasteiger partial charge is 0.355 e. The number of benzene rings is 2. The van der Waals surface area contributed by atoms with Crippen LogP contribution in [-0.4, -0.2) is 31.0 Å². The Morgan fingerprint density at radius 2 is 1.70 bits per heavy atom. The number of hydrogen-bond donors (Lipinski definition) is 4. The zero-order chi connectivity index (χ0) is 22.4. The Morgan fingerprint density at radius 1 is 1.07 bits per heavy atom. The highest BCUT2D eigenvalue weighted by Gasteiger charge is 2.15. The maximum Gasteiger partial charge on any atom is 0.268 e. The zero-order valence-electron chi connectivity index (χ0n) is 15.9. The average Bonchev–Trinajstić information content (AvgIpc) is 2.71. The molecule has 4 N–H and O–H groups in total. The minimum atomic E-state index is -1.62. The van der Waals surface area contributed by atoms with Crippen molar-refractivity contribution in [3.05, 3.63) is 64.2 Å². The standard InChI is InChI=1S/C19H17F4N5O2/c1-9-3-12(20)11(18(30)25-2)6-15(9)27-19(28-16(29)7-24)26-8-10-4-13(21)17(23)14(22)5-10/h3-7,24H,8H2,1-2H3,(H,25,30)(H2,26,27,28,29). The summed E-state index contributed by atoms with van der Waals surface area (Å²) in [5.74, 6) is -6.99. The smallest absolute Gasteiger partial charge is 0.268 e. The predicted octanol–water partition coefficient (Wildman–Crippen LogP) is 2.64. The van der Waals surface area contributed by atoms with Gasteiger partial charge in [-0.25, -0.2) is 22.6 Å². The van der Waals surface area contributed by atoms with E-state index in [1.807, 2.05) is 0 Å². The molecule has 0 heterocycles. The Hall–Kier alpha value is -3.76. The van der Waals surface area contributed by atoms with E-state index in [1.165, 1.54) is 20.0 Å². The van der Waals surface area contributed by atoms with E-state index in [0.717, 1.165) is 18.2 Å². The first-order valence-electron chi connectivity index (χ1n) is 8.44. The van der Waals surface area contributed by atoms with Crippen LogP contribution in [0.15, 0.2) is 29.3 Å². The lowest BCUT2D eigenvalue weighted by atomic mass is 10.1. The van der Waals surface area contributed by atoms with E-state index in [0.29, 0.717) is 11.8 Å². The number of amides is 2. The molecule has 2 aromatic rings. The molecule has 0 atom stereocenters. The van der Waals surface area contributed by atoms with E-state index in [9.17, 15) is 27.2 Å². The molecule has 158 valence electrons. The van der Waals surface area contributed by atoms with Gasteiger partial charge in [0, 0.05) is 12.7 Å². The van der Waals surface area contributed by atoms with E-state index in [4.69, 9.17) is 5.41 Å². The number of halogens is 4. The Balaban J connectivity index is 2.38. The number of rotatable bonds is 5. The summed E-state index contributed by atoms with van der Waals surface area (Å²) in [5, 5.41) is 14.2. The molecule has 2 aromatic carbocycles. The average molecular weight is 423 g/mol. The molecular weight excluding hydrogens is 406 g/mol. The highest BCUT2D eigenvalue weighted by atomic mass is 19.2. The van der Waals surface area contributed by atoms with Crippen molar-refractivity contribution in [3.8, 4) is 0 Å². The van der Waals surface area contributed by atoms with Crippen molar-refractivity contribution in [2.75, 3.05) is 12.4 Å². The first-order chi connectivity index (χ1) is 14.2. The third kappa shape index (κ3) is 5.40. The fourth-order valence-electron chi connectivity index (χ4n) is 2.38. The predicted molar refractivity (Wildman–Crippen MR) is 103 cm³/mol. The van der Waals surface area contributed by atoms with E-state index in [1.54, 1.807) is 0 Å². The second-order valence-corrected chi connectivity index (χ2v) is 6.02. The quantitative estimate of drug-likeness (QED) is 0.257. The monoisotopic (exact) mass is 423 g/mol. The maximum atomic E-state index is 14.0. The highest BCUT2D eigenvalue weighted by molar-refractivity contribution is 6.30. The number of carbonyl (C=O) groups excluding carboxylic acids is 2. The van der Waals surface area contributed by atoms with Crippen LogP contribution in [0.25, 0.3) is 0 Å². The van der Waals surface area contributed by atoms with Gasteiger partial charge < -0.3 is 16.0 Å². The number of carbonyl (C=O) groups is 2.